The highest BCUT2D eigenvalue weighted by Gasteiger charge is 2.17. The summed E-state index contributed by atoms with van der Waals surface area (Å²) in [6.07, 6.45) is -1.23. The minimum Gasteiger partial charge on any atom is -0.439 e. The van der Waals surface area contributed by atoms with Crippen LogP contribution in [-0.2, 0) is 0 Å². The van der Waals surface area contributed by atoms with Crippen LogP contribution in [0, 0.1) is 6.92 Å². The third kappa shape index (κ3) is 2.28. The van der Waals surface area contributed by atoms with Gasteiger partial charge in [0, 0.05) is 0 Å². The molecule has 0 aliphatic heterocycles. The van der Waals surface area contributed by atoms with Crippen LogP contribution in [-0.4, -0.2) is 24.8 Å². The van der Waals surface area contributed by atoms with Gasteiger partial charge in [0.25, 0.3) is 11.6 Å². The van der Waals surface area contributed by atoms with Gasteiger partial charge in [-0.2, -0.15) is 9.61 Å². The second-order valence-corrected chi connectivity index (χ2v) is 4.63. The standard InChI is InChI=1S/C10H7F2N5OS/c1-5-4-18-10(13-5)19-7-3-2-6-14-15-9(8(11)12)17(6)16-7/h2-4,8H,1H3. The van der Waals surface area contributed by atoms with Gasteiger partial charge < -0.3 is 4.42 Å². The van der Waals surface area contributed by atoms with Crippen LogP contribution in [0.3, 0.4) is 0 Å². The molecule has 3 aromatic heterocycles. The van der Waals surface area contributed by atoms with E-state index in [0.717, 1.165) is 22.0 Å². The Hall–Kier alpha value is -2.03. The zero-order chi connectivity index (χ0) is 13.4. The Kier molecular flexibility index (Phi) is 2.90. The number of rotatable bonds is 3. The van der Waals surface area contributed by atoms with E-state index in [1.807, 2.05) is 0 Å². The van der Waals surface area contributed by atoms with Gasteiger partial charge in [0.15, 0.2) is 5.65 Å². The van der Waals surface area contributed by atoms with Gasteiger partial charge in [0.2, 0.25) is 5.82 Å². The summed E-state index contributed by atoms with van der Waals surface area (Å²) >= 11 is 1.14. The van der Waals surface area contributed by atoms with E-state index < -0.39 is 12.2 Å². The predicted molar refractivity (Wildman–Crippen MR) is 61.1 cm³/mol. The number of hydrogen-bond acceptors (Lipinski definition) is 6. The van der Waals surface area contributed by atoms with E-state index in [1.165, 1.54) is 6.26 Å². The molecular weight excluding hydrogens is 276 g/mol. The van der Waals surface area contributed by atoms with Crippen molar-refractivity contribution >= 4 is 17.4 Å². The molecule has 0 saturated heterocycles. The number of hydrogen-bond donors (Lipinski definition) is 0. The molecule has 0 radical (unpaired) electrons. The molecule has 6 nitrogen and oxygen atoms in total. The molecule has 19 heavy (non-hydrogen) atoms. The van der Waals surface area contributed by atoms with Crippen molar-refractivity contribution in [3.8, 4) is 0 Å². The normalized spacial score (nSPS) is 11.6. The Labute approximate surface area is 109 Å². The van der Waals surface area contributed by atoms with E-state index in [1.54, 1.807) is 19.1 Å². The van der Waals surface area contributed by atoms with Crippen molar-refractivity contribution in [1.82, 2.24) is 24.8 Å². The zero-order valence-corrected chi connectivity index (χ0v) is 10.4. The largest absolute Gasteiger partial charge is 0.439 e. The Morgan fingerprint density at radius 1 is 1.32 bits per heavy atom. The smallest absolute Gasteiger partial charge is 0.299 e. The quantitative estimate of drug-likeness (QED) is 0.735. The van der Waals surface area contributed by atoms with Crippen molar-refractivity contribution in [3.05, 3.63) is 29.9 Å². The Morgan fingerprint density at radius 2 is 2.16 bits per heavy atom. The number of aromatic nitrogens is 5. The van der Waals surface area contributed by atoms with E-state index in [4.69, 9.17) is 4.42 Å². The van der Waals surface area contributed by atoms with Gasteiger partial charge in [-0.1, -0.05) is 0 Å². The van der Waals surface area contributed by atoms with E-state index in [0.29, 0.717) is 10.2 Å². The maximum absolute atomic E-state index is 12.7. The first-order valence-electron chi connectivity index (χ1n) is 5.24. The van der Waals surface area contributed by atoms with Crippen LogP contribution < -0.4 is 0 Å². The lowest BCUT2D eigenvalue weighted by Crippen LogP contribution is -2.00. The highest BCUT2D eigenvalue weighted by atomic mass is 32.2. The Balaban J connectivity index is 1.98. The van der Waals surface area contributed by atoms with Crippen LogP contribution >= 0.6 is 11.8 Å². The summed E-state index contributed by atoms with van der Waals surface area (Å²) in [6, 6.07) is 3.20. The zero-order valence-electron chi connectivity index (χ0n) is 9.62. The third-order valence-electron chi connectivity index (χ3n) is 2.25. The lowest BCUT2D eigenvalue weighted by Gasteiger charge is -1.99. The van der Waals surface area contributed by atoms with Gasteiger partial charge in [-0.05, 0) is 30.8 Å². The van der Waals surface area contributed by atoms with Crippen molar-refractivity contribution in [2.75, 3.05) is 0 Å². The minimum absolute atomic E-state index is 0.267. The molecule has 3 aromatic rings. The molecule has 0 spiro atoms. The molecule has 3 heterocycles. The van der Waals surface area contributed by atoms with Crippen LogP contribution in [0.25, 0.3) is 5.65 Å². The second kappa shape index (κ2) is 4.57. The van der Waals surface area contributed by atoms with Crippen LogP contribution in [0.2, 0.25) is 0 Å². The van der Waals surface area contributed by atoms with Gasteiger partial charge >= 0.3 is 0 Å². The second-order valence-electron chi connectivity index (χ2n) is 3.66. The SMILES string of the molecule is Cc1coc(Sc2ccc3nnc(C(F)F)n3n2)n1. The molecule has 0 fully saturated rings. The highest BCUT2D eigenvalue weighted by molar-refractivity contribution is 7.99. The summed E-state index contributed by atoms with van der Waals surface area (Å²) in [5, 5.41) is 11.9. The van der Waals surface area contributed by atoms with Gasteiger partial charge in [-0.15, -0.1) is 10.2 Å². The summed E-state index contributed by atoms with van der Waals surface area (Å²) in [4.78, 5) is 4.10. The molecule has 9 heteroatoms. The van der Waals surface area contributed by atoms with E-state index in [9.17, 15) is 8.78 Å². The molecule has 0 aliphatic carbocycles. The summed E-state index contributed by atoms with van der Waals surface area (Å²) in [7, 11) is 0. The highest BCUT2D eigenvalue weighted by Crippen LogP contribution is 2.26. The maximum Gasteiger partial charge on any atom is 0.299 e. The molecule has 0 atom stereocenters. The first-order chi connectivity index (χ1) is 9.13. The van der Waals surface area contributed by atoms with Crippen LogP contribution in [0.4, 0.5) is 8.78 Å². The lowest BCUT2D eigenvalue weighted by atomic mass is 10.5. The fourth-order valence-corrected chi connectivity index (χ4v) is 2.17. The summed E-state index contributed by atoms with van der Waals surface area (Å²) < 4.78 is 31.6. The molecule has 0 aromatic carbocycles. The monoisotopic (exact) mass is 283 g/mol. The average molecular weight is 283 g/mol. The molecule has 0 N–H and O–H groups in total. The van der Waals surface area contributed by atoms with E-state index in [-0.39, 0.29) is 5.65 Å². The minimum atomic E-state index is -2.73. The van der Waals surface area contributed by atoms with Crippen LogP contribution in [0.5, 0.6) is 0 Å². The summed E-state index contributed by atoms with van der Waals surface area (Å²) in [5.74, 6) is -0.485. The summed E-state index contributed by atoms with van der Waals surface area (Å²) in [6.45, 7) is 1.79. The van der Waals surface area contributed by atoms with Crippen molar-refractivity contribution in [2.45, 2.75) is 23.6 Å². The number of aryl methyl sites for hydroxylation is 1. The van der Waals surface area contributed by atoms with Gasteiger partial charge in [0.05, 0.1) is 5.69 Å². The molecule has 0 amide bonds. The number of oxazole rings is 1. The molecule has 0 bridgehead atoms. The maximum atomic E-state index is 12.7. The number of fused-ring (bicyclic) bond motifs is 1. The van der Waals surface area contributed by atoms with E-state index in [2.05, 4.69) is 20.3 Å². The number of alkyl halides is 2. The first kappa shape index (κ1) is 12.0. The number of halogens is 2. The van der Waals surface area contributed by atoms with Crippen LogP contribution in [0.15, 0.2) is 33.1 Å². The molecule has 0 unspecified atom stereocenters. The van der Waals surface area contributed by atoms with Crippen molar-refractivity contribution in [3.63, 3.8) is 0 Å². The van der Waals surface area contributed by atoms with Gasteiger partial charge in [0.1, 0.15) is 11.3 Å². The van der Waals surface area contributed by atoms with Crippen LogP contribution in [0.1, 0.15) is 17.9 Å². The molecule has 3 rings (SSSR count). The molecule has 0 saturated carbocycles. The molecule has 0 aliphatic rings. The van der Waals surface area contributed by atoms with Crippen molar-refractivity contribution < 1.29 is 13.2 Å². The average Bonchev–Trinajstić information content (AvgIpc) is 2.95. The Bertz CT molecular complexity index is 726. The first-order valence-corrected chi connectivity index (χ1v) is 6.05. The topological polar surface area (TPSA) is 69.1 Å². The molecule has 98 valence electrons. The van der Waals surface area contributed by atoms with Crippen molar-refractivity contribution in [1.29, 1.82) is 0 Å². The molecular formula is C10H7F2N5OS. The van der Waals surface area contributed by atoms with Gasteiger partial charge in [-0.3, -0.25) is 0 Å². The number of nitrogens with zero attached hydrogens (tertiary/aromatic N) is 5. The van der Waals surface area contributed by atoms with Gasteiger partial charge in [-0.25, -0.2) is 13.8 Å². The lowest BCUT2D eigenvalue weighted by molar-refractivity contribution is 0.137. The predicted octanol–water partition coefficient (Wildman–Crippen LogP) is 2.51. The fourth-order valence-electron chi connectivity index (χ4n) is 1.45. The third-order valence-corrected chi connectivity index (χ3v) is 3.04. The van der Waals surface area contributed by atoms with E-state index >= 15 is 0 Å². The Morgan fingerprint density at radius 3 is 2.84 bits per heavy atom. The fraction of sp³-hybridized carbons (Fsp3) is 0.200. The summed E-state index contributed by atoms with van der Waals surface area (Å²) in [5.41, 5.74) is 1.00. The van der Waals surface area contributed by atoms with Crippen molar-refractivity contribution in [2.24, 2.45) is 0 Å².